The molecule has 0 unspecified atom stereocenters. The van der Waals surface area contributed by atoms with Crippen molar-refractivity contribution in [2.24, 2.45) is 16.7 Å². The molecule has 0 saturated carbocycles. The van der Waals surface area contributed by atoms with Crippen molar-refractivity contribution in [1.82, 2.24) is 0 Å². The Kier molecular flexibility index (Phi) is 7.82. The summed E-state index contributed by atoms with van der Waals surface area (Å²) in [6.45, 7) is 17.6. The van der Waals surface area contributed by atoms with Gasteiger partial charge in [-0.2, -0.15) is 0 Å². The minimum atomic E-state index is -1.05. The SMILES string of the molecule is C=CC[C@@H]1C[C@](CC=C)(C(=O)OC)C(OCC=C(C)C)=C(C(C)=O)C1(C)C. The highest BCUT2D eigenvalue weighted by Gasteiger charge is 2.56. The first kappa shape index (κ1) is 22.9. The summed E-state index contributed by atoms with van der Waals surface area (Å²) in [7, 11) is 1.37. The van der Waals surface area contributed by atoms with Crippen LogP contribution in [-0.2, 0) is 19.1 Å². The van der Waals surface area contributed by atoms with E-state index in [1.807, 2.05) is 39.8 Å². The second kappa shape index (κ2) is 9.20. The van der Waals surface area contributed by atoms with Crippen LogP contribution in [0.1, 0.15) is 53.9 Å². The van der Waals surface area contributed by atoms with Crippen molar-refractivity contribution in [2.75, 3.05) is 13.7 Å². The fraction of sp³-hybridized carbons (Fsp3) is 0.565. The highest BCUT2D eigenvalue weighted by atomic mass is 16.5. The molecule has 0 bridgehead atoms. The van der Waals surface area contributed by atoms with Gasteiger partial charge in [0.15, 0.2) is 5.78 Å². The second-order valence-corrected chi connectivity index (χ2v) is 8.07. The predicted octanol–water partition coefficient (Wildman–Crippen LogP) is 5.17. The lowest BCUT2D eigenvalue weighted by Crippen LogP contribution is -2.47. The molecule has 1 aliphatic carbocycles. The molecule has 27 heavy (non-hydrogen) atoms. The van der Waals surface area contributed by atoms with Crippen molar-refractivity contribution >= 4 is 11.8 Å². The Hall–Kier alpha value is -2.10. The van der Waals surface area contributed by atoms with Gasteiger partial charge in [-0.1, -0.05) is 31.6 Å². The molecule has 0 aromatic rings. The maximum Gasteiger partial charge on any atom is 0.319 e. The van der Waals surface area contributed by atoms with Crippen LogP contribution >= 0.6 is 0 Å². The lowest BCUT2D eigenvalue weighted by molar-refractivity contribution is -0.155. The first-order chi connectivity index (χ1) is 12.6. The van der Waals surface area contributed by atoms with Crippen molar-refractivity contribution in [3.05, 3.63) is 48.3 Å². The van der Waals surface area contributed by atoms with Gasteiger partial charge in [0.2, 0.25) is 0 Å². The molecule has 1 aliphatic rings. The van der Waals surface area contributed by atoms with E-state index in [9.17, 15) is 9.59 Å². The number of ketones is 1. The Morgan fingerprint density at radius 1 is 1.19 bits per heavy atom. The summed E-state index contributed by atoms with van der Waals surface area (Å²) in [5.41, 5.74) is 0.178. The molecule has 150 valence electrons. The average molecular weight is 375 g/mol. The standard InChI is InChI=1S/C23H34O4/c1-9-11-18-15-23(13-10-2,21(25)26-8)20(27-14-12-16(3)4)19(17(5)24)22(18,6)7/h9-10,12,18H,1-2,11,13-15H2,3-8H3/t18-,23+/m1/s1. The number of hydrogen-bond acceptors (Lipinski definition) is 4. The zero-order valence-electron chi connectivity index (χ0n) is 17.7. The van der Waals surface area contributed by atoms with E-state index in [0.29, 0.717) is 37.2 Å². The zero-order valence-corrected chi connectivity index (χ0v) is 17.7. The number of rotatable bonds is 9. The maximum atomic E-state index is 13.0. The lowest BCUT2D eigenvalue weighted by atomic mass is 9.56. The van der Waals surface area contributed by atoms with Crippen LogP contribution in [0.2, 0.25) is 0 Å². The number of esters is 1. The molecule has 0 spiro atoms. The van der Waals surface area contributed by atoms with Crippen LogP contribution < -0.4 is 0 Å². The van der Waals surface area contributed by atoms with Crippen LogP contribution in [0.4, 0.5) is 0 Å². The van der Waals surface area contributed by atoms with Gasteiger partial charge in [0.05, 0.1) is 7.11 Å². The van der Waals surface area contributed by atoms with E-state index >= 15 is 0 Å². The fourth-order valence-corrected chi connectivity index (χ4v) is 4.08. The van der Waals surface area contributed by atoms with E-state index in [1.165, 1.54) is 14.0 Å². The summed E-state index contributed by atoms with van der Waals surface area (Å²) in [5, 5.41) is 0. The molecule has 4 nitrogen and oxygen atoms in total. The van der Waals surface area contributed by atoms with Crippen LogP contribution in [0.5, 0.6) is 0 Å². The molecule has 0 aromatic heterocycles. The average Bonchev–Trinajstić information content (AvgIpc) is 2.57. The van der Waals surface area contributed by atoms with Gasteiger partial charge in [0.1, 0.15) is 17.8 Å². The van der Waals surface area contributed by atoms with Gasteiger partial charge < -0.3 is 9.47 Å². The van der Waals surface area contributed by atoms with Crippen LogP contribution in [-0.4, -0.2) is 25.5 Å². The van der Waals surface area contributed by atoms with E-state index in [0.717, 1.165) is 5.57 Å². The molecule has 0 radical (unpaired) electrons. The van der Waals surface area contributed by atoms with E-state index < -0.39 is 16.8 Å². The normalized spacial score (nSPS) is 24.0. The molecular formula is C23H34O4. The highest BCUT2D eigenvalue weighted by molar-refractivity contribution is 5.97. The molecular weight excluding hydrogens is 340 g/mol. The first-order valence-corrected chi connectivity index (χ1v) is 9.41. The number of methoxy groups -OCH3 is 1. The second-order valence-electron chi connectivity index (χ2n) is 8.07. The third-order valence-corrected chi connectivity index (χ3v) is 5.51. The number of carbonyl (C=O) groups is 2. The molecule has 0 N–H and O–H groups in total. The molecule has 0 saturated heterocycles. The van der Waals surface area contributed by atoms with Gasteiger partial charge in [-0.15, -0.1) is 13.2 Å². The van der Waals surface area contributed by atoms with E-state index in [4.69, 9.17) is 9.47 Å². The molecule has 0 fully saturated rings. The summed E-state index contributed by atoms with van der Waals surface area (Å²) in [6.07, 6.45) is 7.04. The number of Topliss-reactive ketones (excluding diaryl/α,β-unsaturated/α-hetero) is 1. The molecule has 0 aliphatic heterocycles. The Bertz CT molecular complexity index is 662. The van der Waals surface area contributed by atoms with Crippen LogP contribution in [0.3, 0.4) is 0 Å². The number of hydrogen-bond donors (Lipinski definition) is 0. The maximum absolute atomic E-state index is 13.0. The lowest BCUT2D eigenvalue weighted by Gasteiger charge is -2.48. The first-order valence-electron chi connectivity index (χ1n) is 9.41. The number of ether oxygens (including phenoxy) is 2. The highest BCUT2D eigenvalue weighted by Crippen LogP contribution is 2.56. The summed E-state index contributed by atoms with van der Waals surface area (Å²) >= 11 is 0. The topological polar surface area (TPSA) is 52.6 Å². The number of allylic oxidation sites excluding steroid dienone is 4. The van der Waals surface area contributed by atoms with Gasteiger partial charge in [-0.05, 0) is 57.4 Å². The summed E-state index contributed by atoms with van der Waals surface area (Å²) in [4.78, 5) is 25.7. The van der Waals surface area contributed by atoms with Crippen LogP contribution in [0.25, 0.3) is 0 Å². The number of carbonyl (C=O) groups excluding carboxylic acids is 2. The molecule has 0 heterocycles. The summed E-state index contributed by atoms with van der Waals surface area (Å²) < 4.78 is 11.3. The monoisotopic (exact) mass is 374 g/mol. The smallest absolute Gasteiger partial charge is 0.319 e. The van der Waals surface area contributed by atoms with E-state index in [1.54, 1.807) is 6.08 Å². The third kappa shape index (κ3) is 4.60. The van der Waals surface area contributed by atoms with Crippen molar-refractivity contribution in [3.8, 4) is 0 Å². The van der Waals surface area contributed by atoms with Crippen LogP contribution in [0, 0.1) is 16.7 Å². The summed E-state index contributed by atoms with van der Waals surface area (Å²) in [6, 6.07) is 0. The van der Waals surface area contributed by atoms with Crippen molar-refractivity contribution in [1.29, 1.82) is 0 Å². The van der Waals surface area contributed by atoms with Gasteiger partial charge in [-0.25, -0.2) is 0 Å². The predicted molar refractivity (Wildman–Crippen MR) is 109 cm³/mol. The largest absolute Gasteiger partial charge is 0.492 e. The van der Waals surface area contributed by atoms with Gasteiger partial charge in [0, 0.05) is 5.57 Å². The molecule has 2 atom stereocenters. The Balaban J connectivity index is 3.77. The quantitative estimate of drug-likeness (QED) is 0.413. The zero-order chi connectivity index (χ0) is 20.8. The molecule has 1 rings (SSSR count). The Morgan fingerprint density at radius 3 is 2.26 bits per heavy atom. The summed E-state index contributed by atoms with van der Waals surface area (Å²) in [5.74, 6) is 0.0181. The Labute approximate surface area is 164 Å². The minimum Gasteiger partial charge on any atom is -0.492 e. The van der Waals surface area contributed by atoms with E-state index in [-0.39, 0.29) is 11.7 Å². The minimum absolute atomic E-state index is 0.0590. The third-order valence-electron chi connectivity index (χ3n) is 5.51. The van der Waals surface area contributed by atoms with Crippen molar-refractivity contribution in [2.45, 2.75) is 53.9 Å². The van der Waals surface area contributed by atoms with Crippen LogP contribution in [0.15, 0.2) is 48.3 Å². The van der Waals surface area contributed by atoms with Crippen molar-refractivity contribution in [3.63, 3.8) is 0 Å². The Morgan fingerprint density at radius 2 is 1.81 bits per heavy atom. The fourth-order valence-electron chi connectivity index (χ4n) is 4.08. The van der Waals surface area contributed by atoms with Gasteiger partial charge in [0.25, 0.3) is 0 Å². The molecule has 0 amide bonds. The molecule has 0 aromatic carbocycles. The van der Waals surface area contributed by atoms with E-state index in [2.05, 4.69) is 13.2 Å². The van der Waals surface area contributed by atoms with Crippen molar-refractivity contribution < 1.29 is 19.1 Å². The van der Waals surface area contributed by atoms with Gasteiger partial charge in [-0.3, -0.25) is 9.59 Å². The van der Waals surface area contributed by atoms with Gasteiger partial charge >= 0.3 is 5.97 Å². The molecule has 4 heteroatoms.